The lowest BCUT2D eigenvalue weighted by Gasteiger charge is -2.26. The average molecular weight is 487 g/mol. The third kappa shape index (κ3) is 4.98. The summed E-state index contributed by atoms with van der Waals surface area (Å²) in [5, 5.41) is 4.76. The Labute approximate surface area is 198 Å². The van der Waals surface area contributed by atoms with Gasteiger partial charge in [-0.25, -0.2) is 17.8 Å². The highest BCUT2D eigenvalue weighted by Crippen LogP contribution is 2.41. The van der Waals surface area contributed by atoms with Crippen LogP contribution in [0.5, 0.6) is 0 Å². The summed E-state index contributed by atoms with van der Waals surface area (Å²) in [5.41, 5.74) is 4.61. The van der Waals surface area contributed by atoms with Gasteiger partial charge < -0.3 is 9.64 Å². The van der Waals surface area contributed by atoms with Gasteiger partial charge in [-0.15, -0.1) is 11.8 Å². The maximum atomic E-state index is 13.4. The second-order valence-electron chi connectivity index (χ2n) is 7.73. The van der Waals surface area contributed by atoms with Crippen LogP contribution in [0.4, 0.5) is 0 Å². The number of fused-ring (bicyclic) bond motifs is 1. The molecule has 33 heavy (non-hydrogen) atoms. The van der Waals surface area contributed by atoms with E-state index >= 15 is 0 Å². The van der Waals surface area contributed by atoms with Crippen molar-refractivity contribution in [3.05, 3.63) is 77.0 Å². The quantitative estimate of drug-likeness (QED) is 0.647. The largest absolute Gasteiger partial charge is 0.378 e. The van der Waals surface area contributed by atoms with Gasteiger partial charge in [0.1, 0.15) is 0 Å². The number of aromatic nitrogens is 2. The van der Waals surface area contributed by atoms with Crippen LogP contribution >= 0.6 is 11.8 Å². The van der Waals surface area contributed by atoms with Crippen LogP contribution in [0.3, 0.4) is 0 Å². The Morgan fingerprint density at radius 3 is 2.52 bits per heavy atom. The molecule has 3 heterocycles. The molecule has 1 amide bonds. The van der Waals surface area contributed by atoms with Crippen molar-refractivity contribution in [1.82, 2.24) is 19.4 Å². The number of amides is 1. The van der Waals surface area contributed by atoms with E-state index < -0.39 is 10.0 Å². The number of carbonyl (C=O) groups excluding carboxylic acids is 1. The van der Waals surface area contributed by atoms with Crippen LogP contribution < -0.4 is 4.72 Å². The van der Waals surface area contributed by atoms with Gasteiger partial charge in [0, 0.05) is 41.4 Å². The highest BCUT2D eigenvalue weighted by atomic mass is 32.2. The van der Waals surface area contributed by atoms with Gasteiger partial charge in [0.05, 0.1) is 30.9 Å². The van der Waals surface area contributed by atoms with Crippen molar-refractivity contribution in [1.29, 1.82) is 0 Å². The van der Waals surface area contributed by atoms with Crippen molar-refractivity contribution in [3.8, 4) is 5.69 Å². The Kier molecular flexibility index (Phi) is 6.89. The first kappa shape index (κ1) is 23.5. The third-order valence-electron chi connectivity index (χ3n) is 5.49. The smallest absolute Gasteiger partial charge is 0.274 e. The molecule has 8 nitrogen and oxygen atoms in total. The minimum Gasteiger partial charge on any atom is -0.378 e. The predicted molar refractivity (Wildman–Crippen MR) is 131 cm³/mol. The van der Waals surface area contributed by atoms with Crippen molar-refractivity contribution in [2.75, 3.05) is 32.6 Å². The molecule has 1 aromatic carbocycles. The van der Waals surface area contributed by atoms with Crippen molar-refractivity contribution in [2.24, 2.45) is 0 Å². The van der Waals surface area contributed by atoms with Gasteiger partial charge in [0.15, 0.2) is 5.69 Å². The molecule has 0 radical (unpaired) electrons. The Bertz CT molecular complexity index is 1220. The van der Waals surface area contributed by atoms with Gasteiger partial charge in [-0.2, -0.15) is 5.10 Å². The Morgan fingerprint density at radius 2 is 1.91 bits per heavy atom. The molecule has 2 aromatic rings. The van der Waals surface area contributed by atoms with E-state index in [-0.39, 0.29) is 12.5 Å². The Morgan fingerprint density at radius 1 is 1.21 bits per heavy atom. The molecule has 0 spiro atoms. The molecule has 2 aliphatic heterocycles. The number of rotatable bonds is 7. The zero-order valence-corrected chi connectivity index (χ0v) is 20.0. The Hall–Kier alpha value is -2.66. The van der Waals surface area contributed by atoms with Gasteiger partial charge in [-0.05, 0) is 17.7 Å². The molecular weight excluding hydrogens is 460 g/mol. The molecule has 1 fully saturated rings. The van der Waals surface area contributed by atoms with Gasteiger partial charge >= 0.3 is 0 Å². The zero-order chi connectivity index (χ0) is 23.6. The number of hydrogen-bond acceptors (Lipinski definition) is 6. The van der Waals surface area contributed by atoms with E-state index in [0.717, 1.165) is 39.2 Å². The average Bonchev–Trinajstić information content (AvgIpc) is 3.21. The van der Waals surface area contributed by atoms with Crippen LogP contribution in [0.2, 0.25) is 0 Å². The molecule has 1 aromatic heterocycles. The molecular formula is C23H26N4O4S2. The first-order valence-corrected chi connectivity index (χ1v) is 13.3. The normalized spacial score (nSPS) is 16.5. The van der Waals surface area contributed by atoms with Gasteiger partial charge in [-0.1, -0.05) is 37.4 Å². The van der Waals surface area contributed by atoms with Crippen molar-refractivity contribution < 1.29 is 17.9 Å². The van der Waals surface area contributed by atoms with Crippen molar-refractivity contribution in [3.63, 3.8) is 0 Å². The van der Waals surface area contributed by atoms with Crippen LogP contribution in [0.1, 0.15) is 27.3 Å². The van der Waals surface area contributed by atoms with Gasteiger partial charge in [0.25, 0.3) is 5.91 Å². The highest BCUT2D eigenvalue weighted by Gasteiger charge is 2.31. The summed E-state index contributed by atoms with van der Waals surface area (Å²) in [6.45, 7) is 10.2. The number of hydrogen-bond donors (Lipinski definition) is 1. The van der Waals surface area contributed by atoms with E-state index in [4.69, 9.17) is 9.84 Å². The number of carbonyl (C=O) groups is 1. The zero-order valence-electron chi connectivity index (χ0n) is 18.4. The lowest BCUT2D eigenvalue weighted by atomic mass is 10.0. The third-order valence-corrected chi connectivity index (χ3v) is 7.29. The molecule has 0 atom stereocenters. The van der Waals surface area contributed by atoms with Crippen LogP contribution in [0.15, 0.2) is 54.5 Å². The minimum absolute atomic E-state index is 0.103. The number of allylic oxidation sites excluding steroid dienone is 3. The first-order valence-electron chi connectivity index (χ1n) is 10.5. The van der Waals surface area contributed by atoms with E-state index in [1.54, 1.807) is 33.5 Å². The molecule has 0 unspecified atom stereocenters. The molecule has 0 saturated carbocycles. The topological polar surface area (TPSA) is 93.5 Å². The van der Waals surface area contributed by atoms with Crippen molar-refractivity contribution in [2.45, 2.75) is 12.3 Å². The number of thioether (sulfide) groups is 1. The molecule has 1 N–H and O–H groups in total. The van der Waals surface area contributed by atoms with E-state index in [2.05, 4.69) is 17.9 Å². The van der Waals surface area contributed by atoms with Crippen LogP contribution in [0.25, 0.3) is 11.3 Å². The fourth-order valence-electron chi connectivity index (χ4n) is 3.82. The summed E-state index contributed by atoms with van der Waals surface area (Å²) in [5.74, 6) is 0.504. The number of sulfonamides is 1. The number of nitrogens with zero attached hydrogens (tertiary/aromatic N) is 3. The highest BCUT2D eigenvalue weighted by molar-refractivity contribution is 8.02. The lowest BCUT2D eigenvalue weighted by Crippen LogP contribution is -2.41. The first-order chi connectivity index (χ1) is 15.8. The fourth-order valence-corrected chi connectivity index (χ4v) is 5.27. The van der Waals surface area contributed by atoms with Crippen LogP contribution in [-0.4, -0.2) is 61.6 Å². The molecule has 0 aliphatic carbocycles. The lowest BCUT2D eigenvalue weighted by molar-refractivity contribution is 0.0298. The molecule has 4 rings (SSSR count). The predicted octanol–water partition coefficient (Wildman–Crippen LogP) is 2.72. The maximum Gasteiger partial charge on any atom is 0.274 e. The van der Waals surface area contributed by atoms with Crippen molar-refractivity contribution >= 4 is 33.3 Å². The van der Waals surface area contributed by atoms with Crippen LogP contribution in [0, 0.1) is 0 Å². The molecule has 10 heteroatoms. The van der Waals surface area contributed by atoms with Gasteiger partial charge in [-0.3, -0.25) is 4.79 Å². The maximum absolute atomic E-state index is 13.4. The minimum atomic E-state index is -3.28. The van der Waals surface area contributed by atoms with E-state index in [9.17, 15) is 13.2 Å². The summed E-state index contributed by atoms with van der Waals surface area (Å²) in [7, 11) is -3.28. The van der Waals surface area contributed by atoms with Crippen LogP contribution in [-0.2, 0) is 27.1 Å². The van der Waals surface area contributed by atoms with E-state index in [1.807, 2.05) is 24.3 Å². The molecule has 174 valence electrons. The summed E-state index contributed by atoms with van der Waals surface area (Å²) in [4.78, 5) is 16.1. The number of ether oxygens (including phenoxy) is 1. The SMILES string of the molecule is C=CC1=C(C=C)c2c(c(C(=O)N3CCOCC3)nn2-c2ccc(CNS(C)(=O)=O)cc2)CS1. The number of benzene rings is 1. The van der Waals surface area contributed by atoms with E-state index in [1.165, 1.54) is 0 Å². The Balaban J connectivity index is 1.77. The van der Waals surface area contributed by atoms with E-state index in [0.29, 0.717) is 37.8 Å². The second kappa shape index (κ2) is 9.68. The number of nitrogens with one attached hydrogen (secondary N) is 1. The van der Waals surface area contributed by atoms with Gasteiger partial charge in [0.2, 0.25) is 10.0 Å². The second-order valence-corrected chi connectivity index (χ2v) is 10.6. The summed E-state index contributed by atoms with van der Waals surface area (Å²) < 4.78 is 32.4. The molecule has 1 saturated heterocycles. The number of morpholine rings is 1. The summed E-state index contributed by atoms with van der Waals surface area (Å²) >= 11 is 1.61. The molecule has 2 aliphatic rings. The monoisotopic (exact) mass is 486 g/mol. The fraction of sp³-hybridized carbons (Fsp3) is 0.304. The molecule has 0 bridgehead atoms. The summed E-state index contributed by atoms with van der Waals surface area (Å²) in [6, 6.07) is 7.42. The summed E-state index contributed by atoms with van der Waals surface area (Å²) in [6.07, 6.45) is 4.70. The standard InChI is InChI=1S/C23H26N4O4S2/c1-4-18-20(5-2)32-15-19-21(23(28)26-10-12-31-13-11-26)25-27(22(18)19)17-8-6-16(7-9-17)14-24-33(3,29)30/h4-9,24H,1-2,10-15H2,3H3.